The Hall–Kier alpha value is -1.14. The summed E-state index contributed by atoms with van der Waals surface area (Å²) in [5.74, 6) is -1.26. The van der Waals surface area contributed by atoms with E-state index in [4.69, 9.17) is 14.2 Å². The number of carbonyl (C=O) groups is 2. The van der Waals surface area contributed by atoms with Gasteiger partial charge in [0.1, 0.15) is 6.10 Å². The summed E-state index contributed by atoms with van der Waals surface area (Å²) in [5.41, 5.74) is -0.421. The van der Waals surface area contributed by atoms with Gasteiger partial charge in [-0.05, 0) is 20.3 Å². The molecule has 1 fully saturated rings. The Morgan fingerprint density at radius 3 is 2.17 bits per heavy atom. The van der Waals surface area contributed by atoms with Crippen LogP contribution in [-0.4, -0.2) is 43.5 Å². The summed E-state index contributed by atoms with van der Waals surface area (Å²) in [6.07, 6.45) is 10.7. The molecule has 0 bridgehead atoms. The maximum Gasteiger partial charge on any atom is 0.307 e. The van der Waals surface area contributed by atoms with Crippen LogP contribution in [0.3, 0.4) is 0 Å². The molecule has 0 radical (unpaired) electrons. The molecule has 0 spiro atoms. The predicted octanol–water partition coefficient (Wildman–Crippen LogP) is 4.74. The van der Waals surface area contributed by atoms with Crippen molar-refractivity contribution >= 4 is 11.9 Å². The van der Waals surface area contributed by atoms with Gasteiger partial charge < -0.3 is 19.5 Å². The molecule has 1 atom stereocenters. The van der Waals surface area contributed by atoms with Crippen molar-refractivity contribution in [2.75, 3.05) is 19.8 Å². The summed E-state index contributed by atoms with van der Waals surface area (Å²) < 4.78 is 16.7. The van der Waals surface area contributed by atoms with Crippen LogP contribution in [0.4, 0.5) is 0 Å². The minimum absolute atomic E-state index is 0.177. The van der Waals surface area contributed by atoms with Gasteiger partial charge in [-0.25, -0.2) is 0 Å². The first-order chi connectivity index (χ1) is 13.7. The van der Waals surface area contributed by atoms with E-state index in [1.54, 1.807) is 13.8 Å². The van der Waals surface area contributed by atoms with E-state index in [1.165, 1.54) is 44.9 Å². The fourth-order valence-electron chi connectivity index (χ4n) is 3.37. The number of nitrogens with one attached hydrogen (secondary N) is 1. The monoisotopic (exact) mass is 413 g/mol. The van der Waals surface area contributed by atoms with Crippen LogP contribution in [0, 0.1) is 5.41 Å². The normalized spacial score (nSPS) is 20.2. The first-order valence-corrected chi connectivity index (χ1v) is 11.4. The van der Waals surface area contributed by atoms with Gasteiger partial charge in [-0.1, -0.05) is 72.1 Å². The average Bonchev–Trinajstić information content (AvgIpc) is 2.65. The number of hydrogen-bond donors (Lipinski definition) is 1. The Balaban J connectivity index is 2.08. The fraction of sp³-hybridized carbons (Fsp3) is 0.913. The predicted molar refractivity (Wildman–Crippen MR) is 114 cm³/mol. The summed E-state index contributed by atoms with van der Waals surface area (Å²) in [6.45, 7) is 10.9. The van der Waals surface area contributed by atoms with Gasteiger partial charge in [0.15, 0.2) is 5.79 Å². The van der Waals surface area contributed by atoms with Crippen molar-refractivity contribution in [1.82, 2.24) is 5.32 Å². The Morgan fingerprint density at radius 1 is 0.966 bits per heavy atom. The lowest BCUT2D eigenvalue weighted by Gasteiger charge is -2.44. The summed E-state index contributed by atoms with van der Waals surface area (Å²) in [5, 5.41) is 2.80. The minimum atomic E-state index is -0.786. The molecule has 0 aromatic heterocycles. The second kappa shape index (κ2) is 13.2. The van der Waals surface area contributed by atoms with E-state index in [0.717, 1.165) is 12.8 Å². The molecule has 1 aliphatic heterocycles. The van der Waals surface area contributed by atoms with E-state index in [0.29, 0.717) is 13.2 Å². The molecule has 1 amide bonds. The van der Waals surface area contributed by atoms with E-state index in [2.05, 4.69) is 12.2 Å². The van der Waals surface area contributed by atoms with E-state index in [1.807, 2.05) is 13.8 Å². The highest BCUT2D eigenvalue weighted by Crippen LogP contribution is 2.34. The van der Waals surface area contributed by atoms with Crippen molar-refractivity contribution in [3.05, 3.63) is 0 Å². The average molecular weight is 414 g/mol. The van der Waals surface area contributed by atoms with Crippen molar-refractivity contribution in [2.24, 2.45) is 5.41 Å². The molecule has 0 saturated carbocycles. The molecular formula is C23H43NO5. The smallest absolute Gasteiger partial charge is 0.307 e. The van der Waals surface area contributed by atoms with Crippen LogP contribution in [0.5, 0.6) is 0 Å². The van der Waals surface area contributed by atoms with E-state index in [-0.39, 0.29) is 24.8 Å². The Labute approximate surface area is 177 Å². The van der Waals surface area contributed by atoms with Crippen molar-refractivity contribution in [3.8, 4) is 0 Å². The van der Waals surface area contributed by atoms with Crippen molar-refractivity contribution < 1.29 is 23.8 Å². The number of unbranched alkanes of at least 4 members (excludes halogenated alkanes) is 8. The molecule has 0 aromatic carbocycles. The maximum atomic E-state index is 12.5. The highest BCUT2D eigenvalue weighted by atomic mass is 16.7. The number of rotatable bonds is 14. The number of amides is 1. The molecule has 1 saturated heterocycles. The molecular weight excluding hydrogens is 370 g/mol. The lowest BCUT2D eigenvalue weighted by molar-refractivity contribution is -0.304. The first-order valence-electron chi connectivity index (χ1n) is 11.4. The highest BCUT2D eigenvalue weighted by molar-refractivity contribution is 5.82. The van der Waals surface area contributed by atoms with Gasteiger partial charge >= 0.3 is 5.97 Å². The zero-order chi connectivity index (χ0) is 21.8. The van der Waals surface area contributed by atoms with E-state index < -0.39 is 17.3 Å². The Bertz CT molecular complexity index is 490. The Kier molecular flexibility index (Phi) is 11.8. The molecule has 170 valence electrons. The van der Waals surface area contributed by atoms with Crippen molar-refractivity contribution in [2.45, 2.75) is 111 Å². The second-order valence-corrected chi connectivity index (χ2v) is 9.26. The third-order valence-electron chi connectivity index (χ3n) is 5.28. The molecule has 6 nitrogen and oxygen atoms in total. The van der Waals surface area contributed by atoms with Crippen LogP contribution in [-0.2, 0) is 23.8 Å². The van der Waals surface area contributed by atoms with Crippen LogP contribution >= 0.6 is 0 Å². The van der Waals surface area contributed by atoms with Crippen LogP contribution < -0.4 is 5.32 Å². The molecule has 1 heterocycles. The van der Waals surface area contributed by atoms with Gasteiger partial charge in [0, 0.05) is 12.0 Å². The van der Waals surface area contributed by atoms with Gasteiger partial charge in [0.25, 0.3) is 0 Å². The quantitative estimate of drug-likeness (QED) is 0.329. The molecule has 1 rings (SSSR count). The second-order valence-electron chi connectivity index (χ2n) is 9.26. The zero-order valence-electron chi connectivity index (χ0n) is 19.3. The van der Waals surface area contributed by atoms with Gasteiger partial charge in [0.2, 0.25) is 5.91 Å². The molecule has 1 aliphatic rings. The summed E-state index contributed by atoms with van der Waals surface area (Å²) in [6, 6.07) is 0. The lowest BCUT2D eigenvalue weighted by atomic mass is 9.85. The van der Waals surface area contributed by atoms with Crippen molar-refractivity contribution in [1.29, 1.82) is 0 Å². The molecule has 0 unspecified atom stereocenters. The van der Waals surface area contributed by atoms with Gasteiger partial charge in [-0.15, -0.1) is 0 Å². The highest BCUT2D eigenvalue weighted by Gasteiger charge is 2.45. The third-order valence-corrected chi connectivity index (χ3v) is 5.28. The molecule has 1 N–H and O–H groups in total. The molecule has 29 heavy (non-hydrogen) atoms. The summed E-state index contributed by atoms with van der Waals surface area (Å²) in [4.78, 5) is 24.3. The SMILES string of the molecule is CCCCCCCCCCCOC(=O)CCNC(=O)[C@@H]1OC(C)(C)OCC1(C)C. The lowest BCUT2D eigenvalue weighted by Crippen LogP contribution is -2.56. The van der Waals surface area contributed by atoms with Crippen LogP contribution in [0.15, 0.2) is 0 Å². The van der Waals surface area contributed by atoms with Crippen LogP contribution in [0.1, 0.15) is 98.8 Å². The summed E-state index contributed by atoms with van der Waals surface area (Å²) >= 11 is 0. The number of esters is 1. The number of ether oxygens (including phenoxy) is 3. The van der Waals surface area contributed by atoms with E-state index >= 15 is 0 Å². The van der Waals surface area contributed by atoms with Gasteiger partial charge in [-0.3, -0.25) is 9.59 Å². The molecule has 6 heteroatoms. The maximum absolute atomic E-state index is 12.5. The number of hydrogen-bond acceptors (Lipinski definition) is 5. The van der Waals surface area contributed by atoms with Gasteiger partial charge in [-0.2, -0.15) is 0 Å². The topological polar surface area (TPSA) is 73.9 Å². The third kappa shape index (κ3) is 11.0. The number of carbonyl (C=O) groups excluding carboxylic acids is 2. The van der Waals surface area contributed by atoms with Crippen molar-refractivity contribution in [3.63, 3.8) is 0 Å². The van der Waals surface area contributed by atoms with Crippen LogP contribution in [0.25, 0.3) is 0 Å². The summed E-state index contributed by atoms with van der Waals surface area (Å²) in [7, 11) is 0. The molecule has 0 aromatic rings. The first kappa shape index (κ1) is 25.9. The zero-order valence-corrected chi connectivity index (χ0v) is 19.3. The van der Waals surface area contributed by atoms with Crippen LogP contribution in [0.2, 0.25) is 0 Å². The van der Waals surface area contributed by atoms with E-state index in [9.17, 15) is 9.59 Å². The minimum Gasteiger partial charge on any atom is -0.466 e. The largest absolute Gasteiger partial charge is 0.466 e. The Morgan fingerprint density at radius 2 is 1.55 bits per heavy atom. The standard InChI is InChI=1S/C23H43NO5/c1-6-7-8-9-10-11-12-13-14-17-27-19(25)15-16-24-21(26)20-22(2,3)18-28-23(4,5)29-20/h20H,6-18H2,1-5H3,(H,24,26)/t20-/m0/s1. The molecule has 0 aliphatic carbocycles. The van der Waals surface area contributed by atoms with Gasteiger partial charge in [0.05, 0.1) is 19.6 Å². The fourth-order valence-corrected chi connectivity index (χ4v) is 3.37.